The lowest BCUT2D eigenvalue weighted by Crippen LogP contribution is -2.30. The number of anilines is 1. The quantitative estimate of drug-likeness (QED) is 0.912. The molecule has 0 aliphatic carbocycles. The van der Waals surface area contributed by atoms with Gasteiger partial charge < -0.3 is 10.1 Å². The molecule has 0 aromatic heterocycles. The number of amides is 1. The van der Waals surface area contributed by atoms with Gasteiger partial charge in [0, 0.05) is 10.2 Å². The zero-order chi connectivity index (χ0) is 14.5. The number of hydrogen-bond acceptors (Lipinski definition) is 2. The van der Waals surface area contributed by atoms with Crippen molar-refractivity contribution < 1.29 is 9.53 Å². The maximum absolute atomic E-state index is 12.0. The third-order valence-corrected chi connectivity index (χ3v) is 3.29. The van der Waals surface area contributed by atoms with E-state index >= 15 is 0 Å². The molecule has 0 saturated heterocycles. The molecule has 104 valence electrons. The van der Waals surface area contributed by atoms with E-state index in [1.165, 1.54) is 0 Å². The normalized spacial score (nSPS) is 11.8. The molecule has 1 unspecified atom stereocenters. The lowest BCUT2D eigenvalue weighted by atomic mass is 10.2. The Balaban J connectivity index is 1.96. The molecule has 1 amide bonds. The van der Waals surface area contributed by atoms with Gasteiger partial charge in [-0.25, -0.2) is 0 Å². The summed E-state index contributed by atoms with van der Waals surface area (Å²) in [4.78, 5) is 12.0. The highest BCUT2D eigenvalue weighted by Crippen LogP contribution is 2.17. The van der Waals surface area contributed by atoms with Crippen molar-refractivity contribution in [1.29, 1.82) is 0 Å². The highest BCUT2D eigenvalue weighted by Gasteiger charge is 2.14. The molecule has 2 rings (SSSR count). The summed E-state index contributed by atoms with van der Waals surface area (Å²) in [5.41, 5.74) is 1.90. The van der Waals surface area contributed by atoms with Crippen LogP contribution in [0.15, 0.2) is 53.0 Å². The smallest absolute Gasteiger partial charge is 0.265 e. The molecule has 0 fully saturated rings. The van der Waals surface area contributed by atoms with E-state index in [4.69, 9.17) is 4.74 Å². The molecule has 0 aliphatic heterocycles. The van der Waals surface area contributed by atoms with Crippen molar-refractivity contribution in [3.05, 3.63) is 58.6 Å². The molecule has 1 N–H and O–H groups in total. The summed E-state index contributed by atoms with van der Waals surface area (Å²) in [7, 11) is 0. The number of carbonyl (C=O) groups excluding carboxylic acids is 1. The van der Waals surface area contributed by atoms with Gasteiger partial charge in [-0.1, -0.05) is 39.7 Å². The molecule has 0 aliphatic rings. The van der Waals surface area contributed by atoms with E-state index < -0.39 is 6.10 Å². The van der Waals surface area contributed by atoms with Crippen LogP contribution >= 0.6 is 15.9 Å². The standard InChI is InChI=1S/C16H16BrNO2/c1-11-6-8-15(9-7-11)20-12(2)16(19)18-14-5-3-4-13(17)10-14/h3-10,12H,1-2H3,(H,18,19). The molecule has 0 bridgehead atoms. The minimum absolute atomic E-state index is 0.177. The first-order valence-electron chi connectivity index (χ1n) is 6.34. The van der Waals surface area contributed by atoms with E-state index in [2.05, 4.69) is 21.2 Å². The first kappa shape index (κ1) is 14.6. The van der Waals surface area contributed by atoms with Gasteiger partial charge in [0.2, 0.25) is 0 Å². The number of ether oxygens (including phenoxy) is 1. The molecule has 1 atom stereocenters. The van der Waals surface area contributed by atoms with Gasteiger partial charge in [0.1, 0.15) is 5.75 Å². The summed E-state index contributed by atoms with van der Waals surface area (Å²) < 4.78 is 6.53. The predicted molar refractivity (Wildman–Crippen MR) is 84.0 cm³/mol. The SMILES string of the molecule is Cc1ccc(OC(C)C(=O)Nc2cccc(Br)c2)cc1. The molecule has 20 heavy (non-hydrogen) atoms. The zero-order valence-corrected chi connectivity index (χ0v) is 13.0. The van der Waals surface area contributed by atoms with Crippen molar-refractivity contribution in [3.8, 4) is 5.75 Å². The van der Waals surface area contributed by atoms with Crippen molar-refractivity contribution in [2.45, 2.75) is 20.0 Å². The average Bonchev–Trinajstić information content (AvgIpc) is 2.41. The first-order valence-corrected chi connectivity index (χ1v) is 7.13. The van der Waals surface area contributed by atoms with Crippen LogP contribution in [0.2, 0.25) is 0 Å². The Morgan fingerprint density at radius 3 is 2.55 bits per heavy atom. The van der Waals surface area contributed by atoms with Crippen LogP contribution in [0.5, 0.6) is 5.75 Å². The van der Waals surface area contributed by atoms with E-state index in [0.29, 0.717) is 5.75 Å². The number of aryl methyl sites for hydroxylation is 1. The topological polar surface area (TPSA) is 38.3 Å². The second-order valence-electron chi connectivity index (χ2n) is 4.57. The highest BCUT2D eigenvalue weighted by molar-refractivity contribution is 9.10. The third-order valence-electron chi connectivity index (χ3n) is 2.80. The molecule has 4 heteroatoms. The van der Waals surface area contributed by atoms with Crippen molar-refractivity contribution >= 4 is 27.5 Å². The van der Waals surface area contributed by atoms with Crippen molar-refractivity contribution in [2.24, 2.45) is 0 Å². The van der Waals surface area contributed by atoms with Gasteiger partial charge in [-0.2, -0.15) is 0 Å². The van der Waals surface area contributed by atoms with E-state index in [1.54, 1.807) is 6.92 Å². The largest absolute Gasteiger partial charge is 0.481 e. The highest BCUT2D eigenvalue weighted by atomic mass is 79.9. The Morgan fingerprint density at radius 1 is 1.20 bits per heavy atom. The lowest BCUT2D eigenvalue weighted by molar-refractivity contribution is -0.122. The third kappa shape index (κ3) is 4.10. The average molecular weight is 334 g/mol. The number of nitrogens with one attached hydrogen (secondary N) is 1. The molecular weight excluding hydrogens is 318 g/mol. The number of benzene rings is 2. The number of rotatable bonds is 4. The maximum atomic E-state index is 12.0. The van der Waals surface area contributed by atoms with Crippen LogP contribution < -0.4 is 10.1 Å². The van der Waals surface area contributed by atoms with Crippen LogP contribution in [0.4, 0.5) is 5.69 Å². The second kappa shape index (κ2) is 6.57. The van der Waals surface area contributed by atoms with Crippen molar-refractivity contribution in [2.75, 3.05) is 5.32 Å². The molecule has 0 radical (unpaired) electrons. The van der Waals surface area contributed by atoms with Crippen LogP contribution in [-0.2, 0) is 4.79 Å². The van der Waals surface area contributed by atoms with Gasteiger partial charge in [-0.3, -0.25) is 4.79 Å². The van der Waals surface area contributed by atoms with Gasteiger partial charge in [0.15, 0.2) is 6.10 Å². The van der Waals surface area contributed by atoms with Crippen LogP contribution in [0.1, 0.15) is 12.5 Å². The Kier molecular flexibility index (Phi) is 4.79. The minimum atomic E-state index is -0.559. The van der Waals surface area contributed by atoms with Crippen molar-refractivity contribution in [3.63, 3.8) is 0 Å². The van der Waals surface area contributed by atoms with Crippen LogP contribution in [0, 0.1) is 6.92 Å². The van der Waals surface area contributed by atoms with E-state index in [9.17, 15) is 4.79 Å². The summed E-state index contributed by atoms with van der Waals surface area (Å²) in [5, 5.41) is 2.82. The Hall–Kier alpha value is -1.81. The summed E-state index contributed by atoms with van der Waals surface area (Å²) in [5.74, 6) is 0.510. The van der Waals surface area contributed by atoms with Gasteiger partial charge in [0.25, 0.3) is 5.91 Å². The maximum Gasteiger partial charge on any atom is 0.265 e. The molecule has 0 spiro atoms. The fraction of sp³-hybridized carbons (Fsp3) is 0.188. The van der Waals surface area contributed by atoms with Crippen LogP contribution in [0.3, 0.4) is 0 Å². The summed E-state index contributed by atoms with van der Waals surface area (Å²) in [6, 6.07) is 15.1. The predicted octanol–water partition coefficient (Wildman–Crippen LogP) is 4.16. The molecule has 0 heterocycles. The molecule has 2 aromatic rings. The monoisotopic (exact) mass is 333 g/mol. The minimum Gasteiger partial charge on any atom is -0.481 e. The second-order valence-corrected chi connectivity index (χ2v) is 5.49. The molecule has 3 nitrogen and oxygen atoms in total. The van der Waals surface area contributed by atoms with Crippen LogP contribution in [0.25, 0.3) is 0 Å². The van der Waals surface area contributed by atoms with Gasteiger partial charge in [-0.15, -0.1) is 0 Å². The summed E-state index contributed by atoms with van der Waals surface area (Å²) in [6.45, 7) is 3.74. The number of hydrogen-bond donors (Lipinski definition) is 1. The fourth-order valence-corrected chi connectivity index (χ4v) is 2.08. The number of carbonyl (C=O) groups is 1. The molecular formula is C16H16BrNO2. The van der Waals surface area contributed by atoms with E-state index in [0.717, 1.165) is 15.7 Å². The Bertz CT molecular complexity index is 596. The zero-order valence-electron chi connectivity index (χ0n) is 11.4. The first-order chi connectivity index (χ1) is 9.54. The van der Waals surface area contributed by atoms with Gasteiger partial charge in [0.05, 0.1) is 0 Å². The van der Waals surface area contributed by atoms with Crippen LogP contribution in [-0.4, -0.2) is 12.0 Å². The van der Waals surface area contributed by atoms with Gasteiger partial charge in [-0.05, 0) is 44.2 Å². The fourth-order valence-electron chi connectivity index (χ4n) is 1.68. The molecule has 0 saturated carbocycles. The summed E-state index contributed by atoms with van der Waals surface area (Å²) >= 11 is 3.37. The molecule has 2 aromatic carbocycles. The summed E-state index contributed by atoms with van der Waals surface area (Å²) in [6.07, 6.45) is -0.559. The van der Waals surface area contributed by atoms with E-state index in [-0.39, 0.29) is 5.91 Å². The van der Waals surface area contributed by atoms with Gasteiger partial charge >= 0.3 is 0 Å². The Labute approximate surface area is 127 Å². The lowest BCUT2D eigenvalue weighted by Gasteiger charge is -2.15. The van der Waals surface area contributed by atoms with E-state index in [1.807, 2.05) is 55.5 Å². The number of halogens is 1. The Morgan fingerprint density at radius 2 is 1.90 bits per heavy atom. The van der Waals surface area contributed by atoms with Crippen molar-refractivity contribution in [1.82, 2.24) is 0 Å².